The molecule has 1 N–H and O–H groups in total. The second-order valence-electron chi connectivity index (χ2n) is 4.78. The number of anilines is 2. The van der Waals surface area contributed by atoms with E-state index in [0.29, 0.717) is 0 Å². The highest BCUT2D eigenvalue weighted by Crippen LogP contribution is 2.32. The lowest BCUT2D eigenvalue weighted by molar-refractivity contribution is 0.413. The van der Waals surface area contributed by atoms with Crippen molar-refractivity contribution in [1.29, 1.82) is 0 Å². The summed E-state index contributed by atoms with van der Waals surface area (Å²) in [7, 11) is 1.64. The van der Waals surface area contributed by atoms with E-state index in [1.54, 1.807) is 42.2 Å². The van der Waals surface area contributed by atoms with Gasteiger partial charge in [-0.3, -0.25) is 4.98 Å². The Hall–Kier alpha value is -2.51. The van der Waals surface area contributed by atoms with E-state index in [2.05, 4.69) is 26.3 Å². The molecule has 0 bridgehead atoms. The Balaban J connectivity index is 0.000000880. The zero-order chi connectivity index (χ0) is 17.6. The standard InChI is InChI=1S/C16H12N4OS2.C2H6/c1-21-12-6-11(8-17-9-12)10-2-3-13-14(7-10)23-16(19-13)20-15-18-4-5-22-15;1-2/h2-9H,1H3,(H,18,19,20);1-2H3. The zero-order valence-corrected chi connectivity index (χ0v) is 15.8. The van der Waals surface area contributed by atoms with Crippen molar-refractivity contribution >= 4 is 43.2 Å². The lowest BCUT2D eigenvalue weighted by Gasteiger charge is -2.03. The Morgan fingerprint density at radius 1 is 1.04 bits per heavy atom. The van der Waals surface area contributed by atoms with Gasteiger partial charge in [0.25, 0.3) is 0 Å². The van der Waals surface area contributed by atoms with Crippen molar-refractivity contribution in [3.05, 3.63) is 48.2 Å². The molecule has 0 saturated carbocycles. The number of hydrogen-bond acceptors (Lipinski definition) is 7. The van der Waals surface area contributed by atoms with Gasteiger partial charge in [0.05, 0.1) is 23.5 Å². The molecule has 0 aliphatic carbocycles. The molecule has 0 radical (unpaired) electrons. The van der Waals surface area contributed by atoms with Crippen LogP contribution in [0.3, 0.4) is 0 Å². The fourth-order valence-corrected chi connectivity index (χ4v) is 3.72. The molecule has 4 aromatic rings. The van der Waals surface area contributed by atoms with E-state index >= 15 is 0 Å². The van der Waals surface area contributed by atoms with Crippen molar-refractivity contribution in [1.82, 2.24) is 15.0 Å². The van der Waals surface area contributed by atoms with E-state index in [0.717, 1.165) is 37.4 Å². The van der Waals surface area contributed by atoms with Crippen LogP contribution in [0.4, 0.5) is 10.3 Å². The Labute approximate surface area is 154 Å². The summed E-state index contributed by atoms with van der Waals surface area (Å²) in [5.41, 5.74) is 3.08. The third kappa shape index (κ3) is 3.94. The highest BCUT2D eigenvalue weighted by Gasteiger charge is 2.08. The number of ether oxygens (including phenoxy) is 1. The molecule has 3 aromatic heterocycles. The number of pyridine rings is 1. The Bertz CT molecular complexity index is 951. The summed E-state index contributed by atoms with van der Waals surface area (Å²) in [6.45, 7) is 4.00. The summed E-state index contributed by atoms with van der Waals surface area (Å²) in [4.78, 5) is 13.0. The van der Waals surface area contributed by atoms with Crippen molar-refractivity contribution in [3.63, 3.8) is 0 Å². The molecule has 5 nitrogen and oxygen atoms in total. The van der Waals surface area contributed by atoms with Crippen LogP contribution in [0.15, 0.2) is 48.2 Å². The zero-order valence-electron chi connectivity index (χ0n) is 14.2. The van der Waals surface area contributed by atoms with Gasteiger partial charge in [-0.25, -0.2) is 9.97 Å². The molecule has 4 rings (SSSR count). The summed E-state index contributed by atoms with van der Waals surface area (Å²) < 4.78 is 6.35. The van der Waals surface area contributed by atoms with Crippen molar-refractivity contribution in [2.45, 2.75) is 13.8 Å². The molecule has 7 heteroatoms. The maximum absolute atomic E-state index is 5.24. The van der Waals surface area contributed by atoms with Gasteiger partial charge in [-0.1, -0.05) is 31.3 Å². The number of hydrogen-bond donors (Lipinski definition) is 1. The minimum Gasteiger partial charge on any atom is -0.495 e. The average molecular weight is 371 g/mol. The Kier molecular flexibility index (Phi) is 5.57. The second-order valence-corrected chi connectivity index (χ2v) is 6.70. The lowest BCUT2D eigenvalue weighted by atomic mass is 10.1. The van der Waals surface area contributed by atoms with Gasteiger partial charge < -0.3 is 10.1 Å². The molecule has 1 aromatic carbocycles. The van der Waals surface area contributed by atoms with Crippen LogP contribution >= 0.6 is 22.7 Å². The molecule has 0 fully saturated rings. The van der Waals surface area contributed by atoms with Crippen LogP contribution in [0.5, 0.6) is 5.75 Å². The molecule has 25 heavy (non-hydrogen) atoms. The second kappa shape index (κ2) is 8.04. The first kappa shape index (κ1) is 17.3. The number of methoxy groups -OCH3 is 1. The van der Waals surface area contributed by atoms with Crippen LogP contribution in [0.25, 0.3) is 21.3 Å². The van der Waals surface area contributed by atoms with Gasteiger partial charge in [0.2, 0.25) is 0 Å². The monoisotopic (exact) mass is 370 g/mol. The van der Waals surface area contributed by atoms with Gasteiger partial charge >= 0.3 is 0 Å². The van der Waals surface area contributed by atoms with E-state index in [1.807, 2.05) is 43.6 Å². The number of nitrogens with zero attached hydrogens (tertiary/aromatic N) is 3. The normalized spacial score (nSPS) is 10.2. The topological polar surface area (TPSA) is 59.9 Å². The fourth-order valence-electron chi connectivity index (χ4n) is 2.22. The maximum Gasteiger partial charge on any atom is 0.190 e. The van der Waals surface area contributed by atoms with E-state index in [-0.39, 0.29) is 0 Å². The van der Waals surface area contributed by atoms with Gasteiger partial charge in [0, 0.05) is 23.3 Å². The predicted molar refractivity (Wildman–Crippen MR) is 106 cm³/mol. The first-order valence-electron chi connectivity index (χ1n) is 7.88. The van der Waals surface area contributed by atoms with Crippen LogP contribution in [0.1, 0.15) is 13.8 Å². The smallest absolute Gasteiger partial charge is 0.190 e. The summed E-state index contributed by atoms with van der Waals surface area (Å²) in [5.74, 6) is 0.748. The molecule has 0 aliphatic rings. The third-order valence-electron chi connectivity index (χ3n) is 3.32. The first-order valence-corrected chi connectivity index (χ1v) is 9.58. The first-order chi connectivity index (χ1) is 12.3. The molecular formula is C18H18N4OS2. The number of rotatable bonds is 4. The molecule has 0 spiro atoms. The minimum absolute atomic E-state index is 0.748. The molecule has 0 amide bonds. The summed E-state index contributed by atoms with van der Waals surface area (Å²) >= 11 is 3.16. The number of nitrogens with one attached hydrogen (secondary N) is 1. The van der Waals surface area contributed by atoms with Gasteiger partial charge in [-0.15, -0.1) is 11.3 Å². The van der Waals surface area contributed by atoms with Crippen LogP contribution in [0, 0.1) is 0 Å². The van der Waals surface area contributed by atoms with E-state index < -0.39 is 0 Å². The highest BCUT2D eigenvalue weighted by molar-refractivity contribution is 7.22. The molecule has 3 heterocycles. The van der Waals surface area contributed by atoms with Gasteiger partial charge in [-0.05, 0) is 23.8 Å². The minimum atomic E-state index is 0.748. The highest BCUT2D eigenvalue weighted by atomic mass is 32.1. The van der Waals surface area contributed by atoms with Crippen molar-refractivity contribution in [3.8, 4) is 16.9 Å². The number of aromatic nitrogens is 3. The summed E-state index contributed by atoms with van der Waals surface area (Å²) in [6.07, 6.45) is 5.30. The fraction of sp³-hybridized carbons (Fsp3) is 0.167. The van der Waals surface area contributed by atoms with Crippen molar-refractivity contribution < 1.29 is 4.74 Å². The summed E-state index contributed by atoms with van der Waals surface area (Å²) in [6, 6.07) is 8.17. The Morgan fingerprint density at radius 2 is 1.92 bits per heavy atom. The lowest BCUT2D eigenvalue weighted by Crippen LogP contribution is -1.86. The average Bonchev–Trinajstić information content (AvgIpc) is 3.32. The maximum atomic E-state index is 5.24. The molecule has 0 atom stereocenters. The van der Waals surface area contributed by atoms with Crippen LogP contribution in [0.2, 0.25) is 0 Å². The van der Waals surface area contributed by atoms with Crippen LogP contribution in [-0.2, 0) is 0 Å². The van der Waals surface area contributed by atoms with E-state index in [1.165, 1.54) is 0 Å². The quantitative estimate of drug-likeness (QED) is 0.507. The molecule has 0 aliphatic heterocycles. The SMILES string of the molecule is CC.COc1cncc(-c2ccc3nc(Nc4nccs4)sc3c2)c1. The number of benzene rings is 1. The number of fused-ring (bicyclic) bond motifs is 1. The Morgan fingerprint density at radius 3 is 2.68 bits per heavy atom. The molecule has 128 valence electrons. The number of thiazole rings is 2. The third-order valence-corrected chi connectivity index (χ3v) is 4.94. The van der Waals surface area contributed by atoms with Gasteiger partial charge in [0.1, 0.15) is 5.75 Å². The van der Waals surface area contributed by atoms with Crippen LogP contribution in [-0.4, -0.2) is 22.1 Å². The van der Waals surface area contributed by atoms with Gasteiger partial charge in [0.15, 0.2) is 10.3 Å². The molecular weight excluding hydrogens is 352 g/mol. The van der Waals surface area contributed by atoms with E-state index in [9.17, 15) is 0 Å². The van der Waals surface area contributed by atoms with E-state index in [4.69, 9.17) is 4.74 Å². The van der Waals surface area contributed by atoms with Crippen LogP contribution < -0.4 is 10.1 Å². The summed E-state index contributed by atoms with van der Waals surface area (Å²) in [5, 5.41) is 6.86. The van der Waals surface area contributed by atoms with Crippen molar-refractivity contribution in [2.75, 3.05) is 12.4 Å². The predicted octanol–water partition coefficient (Wildman–Crippen LogP) is 5.59. The van der Waals surface area contributed by atoms with Gasteiger partial charge in [-0.2, -0.15) is 0 Å². The van der Waals surface area contributed by atoms with Crippen molar-refractivity contribution in [2.24, 2.45) is 0 Å². The molecule has 0 unspecified atom stereocenters. The molecule has 0 saturated heterocycles. The largest absolute Gasteiger partial charge is 0.495 e.